The highest BCUT2D eigenvalue weighted by Crippen LogP contribution is 2.23. The van der Waals surface area contributed by atoms with Gasteiger partial charge in [0.25, 0.3) is 0 Å². The molecule has 0 bridgehead atoms. The normalized spacial score (nSPS) is 11.7. The largest absolute Gasteiger partial charge is 0.489 e. The Hall–Kier alpha value is -3.97. The van der Waals surface area contributed by atoms with Gasteiger partial charge in [-0.3, -0.25) is 0 Å². The summed E-state index contributed by atoms with van der Waals surface area (Å²) in [4.78, 5) is 20.2. The maximum atomic E-state index is 11.7. The van der Waals surface area contributed by atoms with Gasteiger partial charge in [-0.1, -0.05) is 48.5 Å². The molecule has 7 heteroatoms. The van der Waals surface area contributed by atoms with E-state index < -0.39 is 12.1 Å². The minimum atomic E-state index is -0.648. The molecule has 168 valence electrons. The number of aliphatic hydroxyl groups excluding tert-OH is 1. The molecule has 0 spiro atoms. The minimum Gasteiger partial charge on any atom is -0.489 e. The first-order valence-corrected chi connectivity index (χ1v) is 10.6. The lowest BCUT2D eigenvalue weighted by molar-refractivity contribution is 0.0594. The minimum absolute atomic E-state index is 0.195. The van der Waals surface area contributed by atoms with Crippen LogP contribution in [0.5, 0.6) is 5.75 Å². The van der Waals surface area contributed by atoms with E-state index in [0.29, 0.717) is 36.8 Å². The van der Waals surface area contributed by atoms with Crippen molar-refractivity contribution in [3.8, 4) is 17.2 Å². The number of hydrogen-bond donors (Lipinski definition) is 1. The Morgan fingerprint density at radius 1 is 1.03 bits per heavy atom. The van der Waals surface area contributed by atoms with Crippen molar-refractivity contribution in [2.24, 2.45) is 0 Å². The quantitative estimate of drug-likeness (QED) is 0.372. The Morgan fingerprint density at radius 3 is 2.58 bits per heavy atom. The number of benzene rings is 2. The van der Waals surface area contributed by atoms with Gasteiger partial charge in [-0.25, -0.2) is 14.8 Å². The van der Waals surface area contributed by atoms with Crippen LogP contribution in [0.2, 0.25) is 0 Å². The highest BCUT2D eigenvalue weighted by molar-refractivity contribution is 5.87. The third-order valence-electron chi connectivity index (χ3n) is 5.09. The van der Waals surface area contributed by atoms with Crippen LogP contribution in [0.4, 0.5) is 0 Å². The monoisotopic (exact) mass is 444 g/mol. The van der Waals surface area contributed by atoms with E-state index in [4.69, 9.17) is 13.9 Å². The number of esters is 1. The van der Waals surface area contributed by atoms with Crippen LogP contribution in [0, 0.1) is 0 Å². The van der Waals surface area contributed by atoms with E-state index in [1.807, 2.05) is 54.6 Å². The lowest BCUT2D eigenvalue weighted by atomic mass is 10.0. The van der Waals surface area contributed by atoms with Gasteiger partial charge in [-0.2, -0.15) is 0 Å². The highest BCUT2D eigenvalue weighted by atomic mass is 16.5. The molecule has 1 atom stereocenters. The van der Waals surface area contributed by atoms with Crippen molar-refractivity contribution in [1.82, 2.24) is 9.97 Å². The molecule has 0 saturated heterocycles. The number of aromatic nitrogens is 2. The van der Waals surface area contributed by atoms with Gasteiger partial charge in [0.15, 0.2) is 11.7 Å². The number of hydrogen-bond acceptors (Lipinski definition) is 7. The van der Waals surface area contributed by atoms with Gasteiger partial charge in [0.05, 0.1) is 19.4 Å². The van der Waals surface area contributed by atoms with E-state index in [1.54, 1.807) is 24.4 Å². The van der Waals surface area contributed by atoms with E-state index in [2.05, 4.69) is 9.97 Å². The second-order valence-electron chi connectivity index (χ2n) is 7.42. The molecule has 1 unspecified atom stereocenters. The van der Waals surface area contributed by atoms with Crippen LogP contribution in [0.1, 0.15) is 40.0 Å². The molecule has 1 N–H and O–H groups in total. The molecule has 4 aromatic rings. The molecule has 2 heterocycles. The molecule has 7 nitrogen and oxygen atoms in total. The average Bonchev–Trinajstić information content (AvgIpc) is 3.36. The predicted molar refractivity (Wildman–Crippen MR) is 122 cm³/mol. The summed E-state index contributed by atoms with van der Waals surface area (Å²) < 4.78 is 16.2. The highest BCUT2D eigenvalue weighted by Gasteiger charge is 2.14. The van der Waals surface area contributed by atoms with E-state index in [9.17, 15) is 9.90 Å². The summed E-state index contributed by atoms with van der Waals surface area (Å²) in [5.74, 6) is 1.24. The van der Waals surface area contributed by atoms with Gasteiger partial charge in [0.2, 0.25) is 0 Å². The lowest BCUT2D eigenvalue weighted by Gasteiger charge is -2.11. The summed E-state index contributed by atoms with van der Waals surface area (Å²) in [6, 6.07) is 22.3. The van der Waals surface area contributed by atoms with Crippen LogP contribution in [-0.2, 0) is 17.8 Å². The van der Waals surface area contributed by atoms with Crippen molar-refractivity contribution in [3.63, 3.8) is 0 Å². The Bertz CT molecular complexity index is 1190. The SMILES string of the molecule is COC(=O)c1cccc(-c2cnc(CCC(O)c3ccc(COc4ccccc4)cc3)o2)n1. The number of para-hydroxylation sites is 1. The van der Waals surface area contributed by atoms with Gasteiger partial charge in [-0.05, 0) is 41.8 Å². The molecular weight excluding hydrogens is 420 g/mol. The van der Waals surface area contributed by atoms with E-state index in [-0.39, 0.29) is 5.69 Å². The molecule has 0 aliphatic rings. The number of rotatable bonds is 9. The molecule has 33 heavy (non-hydrogen) atoms. The van der Waals surface area contributed by atoms with Crippen LogP contribution in [-0.4, -0.2) is 28.2 Å². The first-order chi connectivity index (χ1) is 16.1. The Kier molecular flexibility index (Phi) is 7.12. The number of carbonyl (C=O) groups is 1. The van der Waals surface area contributed by atoms with Gasteiger partial charge >= 0.3 is 5.97 Å². The zero-order valence-electron chi connectivity index (χ0n) is 18.2. The van der Waals surface area contributed by atoms with Crippen molar-refractivity contribution in [3.05, 3.63) is 102 Å². The number of aliphatic hydroxyl groups is 1. The number of nitrogens with zero attached hydrogens (tertiary/aromatic N) is 2. The molecule has 0 amide bonds. The summed E-state index contributed by atoms with van der Waals surface area (Å²) >= 11 is 0. The fourth-order valence-electron chi connectivity index (χ4n) is 3.28. The summed E-state index contributed by atoms with van der Waals surface area (Å²) in [5.41, 5.74) is 2.53. The fourth-order valence-corrected chi connectivity index (χ4v) is 3.28. The molecule has 0 fully saturated rings. The molecule has 0 aliphatic heterocycles. The van der Waals surface area contributed by atoms with Crippen molar-refractivity contribution in [2.45, 2.75) is 25.6 Å². The number of carbonyl (C=O) groups excluding carboxylic acids is 1. The third-order valence-corrected chi connectivity index (χ3v) is 5.09. The zero-order chi connectivity index (χ0) is 23.0. The maximum Gasteiger partial charge on any atom is 0.356 e. The number of methoxy groups -OCH3 is 1. The third kappa shape index (κ3) is 5.84. The van der Waals surface area contributed by atoms with Crippen molar-refractivity contribution < 1.29 is 23.8 Å². The molecule has 0 aliphatic carbocycles. The van der Waals surface area contributed by atoms with Gasteiger partial charge in [0, 0.05) is 6.42 Å². The molecule has 2 aromatic carbocycles. The topological polar surface area (TPSA) is 94.7 Å². The number of pyridine rings is 1. The predicted octanol–water partition coefficient (Wildman–Crippen LogP) is 4.77. The Morgan fingerprint density at radius 2 is 1.82 bits per heavy atom. The van der Waals surface area contributed by atoms with Crippen LogP contribution >= 0.6 is 0 Å². The van der Waals surface area contributed by atoms with Crippen molar-refractivity contribution in [2.75, 3.05) is 7.11 Å². The summed E-state index contributed by atoms with van der Waals surface area (Å²) in [6.07, 6.45) is 1.82. The van der Waals surface area contributed by atoms with E-state index in [0.717, 1.165) is 16.9 Å². The second kappa shape index (κ2) is 10.6. The molecule has 2 aromatic heterocycles. The van der Waals surface area contributed by atoms with Crippen LogP contribution < -0.4 is 4.74 Å². The summed E-state index contributed by atoms with van der Waals surface area (Å²) in [5, 5.41) is 10.6. The smallest absolute Gasteiger partial charge is 0.356 e. The zero-order valence-corrected chi connectivity index (χ0v) is 18.2. The van der Waals surface area contributed by atoms with E-state index in [1.165, 1.54) is 7.11 Å². The second-order valence-corrected chi connectivity index (χ2v) is 7.42. The van der Waals surface area contributed by atoms with Crippen LogP contribution in [0.3, 0.4) is 0 Å². The van der Waals surface area contributed by atoms with Crippen LogP contribution in [0.15, 0.2) is 83.4 Å². The Labute approximate surface area is 191 Å². The first-order valence-electron chi connectivity index (χ1n) is 10.6. The lowest BCUT2D eigenvalue weighted by Crippen LogP contribution is -2.04. The number of oxazole rings is 1. The van der Waals surface area contributed by atoms with E-state index >= 15 is 0 Å². The maximum absolute atomic E-state index is 11.7. The van der Waals surface area contributed by atoms with Gasteiger partial charge in [-0.15, -0.1) is 0 Å². The standard InChI is InChI=1S/C26H24N2O5/c1-31-26(30)22-9-5-8-21(28-22)24-16-27-25(33-24)15-14-23(29)19-12-10-18(11-13-19)17-32-20-6-3-2-4-7-20/h2-13,16,23,29H,14-15,17H2,1H3. The first kappa shape index (κ1) is 22.2. The van der Waals surface area contributed by atoms with Gasteiger partial charge < -0.3 is 19.0 Å². The van der Waals surface area contributed by atoms with Crippen LogP contribution in [0.25, 0.3) is 11.5 Å². The molecule has 0 saturated carbocycles. The Balaban J connectivity index is 1.31. The molecule has 4 rings (SSSR count). The molecular formula is C26H24N2O5. The summed E-state index contributed by atoms with van der Waals surface area (Å²) in [6.45, 7) is 0.463. The average molecular weight is 444 g/mol. The van der Waals surface area contributed by atoms with Crippen molar-refractivity contribution in [1.29, 1.82) is 0 Å². The summed E-state index contributed by atoms with van der Waals surface area (Å²) in [7, 11) is 1.31. The fraction of sp³-hybridized carbons (Fsp3) is 0.192. The number of aryl methyl sites for hydroxylation is 1. The number of ether oxygens (including phenoxy) is 2. The van der Waals surface area contributed by atoms with Gasteiger partial charge in [0.1, 0.15) is 23.7 Å². The van der Waals surface area contributed by atoms with Crippen molar-refractivity contribution >= 4 is 5.97 Å². The molecule has 0 radical (unpaired) electrons.